The molecular formula is C13H14N4O3S2. The predicted molar refractivity (Wildman–Crippen MR) is 87.0 cm³/mol. The molecule has 22 heavy (non-hydrogen) atoms. The molecule has 2 aromatic rings. The number of aromatic carboxylic acids is 1. The molecule has 0 saturated carbocycles. The molecule has 3 heterocycles. The van der Waals surface area contributed by atoms with E-state index in [1.165, 1.54) is 23.1 Å². The minimum Gasteiger partial charge on any atom is -0.477 e. The van der Waals surface area contributed by atoms with Gasteiger partial charge in [0.1, 0.15) is 15.6 Å². The van der Waals surface area contributed by atoms with E-state index < -0.39 is 5.97 Å². The van der Waals surface area contributed by atoms with E-state index in [0.717, 1.165) is 17.7 Å². The molecule has 3 rings (SSSR count). The molecule has 2 aromatic heterocycles. The van der Waals surface area contributed by atoms with Crippen LogP contribution in [0.1, 0.15) is 21.0 Å². The van der Waals surface area contributed by atoms with Crippen molar-refractivity contribution in [1.29, 1.82) is 0 Å². The van der Waals surface area contributed by atoms with Crippen LogP contribution in [0, 0.1) is 0 Å². The van der Waals surface area contributed by atoms with Crippen LogP contribution in [0.2, 0.25) is 0 Å². The average Bonchev–Trinajstić information content (AvgIpc) is 2.94. The van der Waals surface area contributed by atoms with Gasteiger partial charge in [-0.25, -0.2) is 4.79 Å². The highest BCUT2D eigenvalue weighted by atomic mass is 32.2. The Morgan fingerprint density at radius 3 is 3.05 bits per heavy atom. The summed E-state index contributed by atoms with van der Waals surface area (Å²) in [5.41, 5.74) is 5.29. The van der Waals surface area contributed by atoms with Gasteiger partial charge in [-0.3, -0.25) is 9.78 Å². The summed E-state index contributed by atoms with van der Waals surface area (Å²) < 4.78 is 0. The Bertz CT molecular complexity index is 771. The van der Waals surface area contributed by atoms with Crippen LogP contribution < -0.4 is 16.6 Å². The molecule has 9 heteroatoms. The van der Waals surface area contributed by atoms with E-state index >= 15 is 0 Å². The number of hydrogen-bond acceptors (Lipinski definition) is 7. The molecule has 7 nitrogen and oxygen atoms in total. The fourth-order valence-electron chi connectivity index (χ4n) is 2.22. The third kappa shape index (κ3) is 3.09. The summed E-state index contributed by atoms with van der Waals surface area (Å²) in [6, 6.07) is 3.47. The van der Waals surface area contributed by atoms with Gasteiger partial charge in [-0.15, -0.1) is 23.1 Å². The lowest BCUT2D eigenvalue weighted by atomic mass is 10.2. The molecule has 1 atom stereocenters. The molecule has 0 radical (unpaired) electrons. The van der Waals surface area contributed by atoms with Crippen LogP contribution in [-0.4, -0.2) is 32.8 Å². The molecule has 0 fully saturated rings. The SMILES string of the molecule is Nc1nc2c(c(=O)[nH]1)SC(CCc1ccc(C(=O)O)s1)CN2. The van der Waals surface area contributed by atoms with Gasteiger partial charge in [0.05, 0.1) is 0 Å². The van der Waals surface area contributed by atoms with Crippen LogP contribution >= 0.6 is 23.1 Å². The number of H-pyrrole nitrogens is 1. The third-order valence-corrected chi connectivity index (χ3v) is 5.75. The largest absolute Gasteiger partial charge is 0.477 e. The first-order valence-corrected chi connectivity index (χ1v) is 8.35. The lowest BCUT2D eigenvalue weighted by molar-refractivity contribution is 0.0702. The second-order valence-electron chi connectivity index (χ2n) is 4.86. The first-order chi connectivity index (χ1) is 10.5. The number of thioether (sulfide) groups is 1. The molecule has 1 unspecified atom stereocenters. The van der Waals surface area contributed by atoms with Crippen molar-refractivity contribution in [2.75, 3.05) is 17.6 Å². The van der Waals surface area contributed by atoms with E-state index in [2.05, 4.69) is 15.3 Å². The molecule has 0 bridgehead atoms. The number of aryl methyl sites for hydroxylation is 1. The minimum atomic E-state index is -0.894. The Morgan fingerprint density at radius 1 is 1.50 bits per heavy atom. The average molecular weight is 338 g/mol. The van der Waals surface area contributed by atoms with Gasteiger partial charge >= 0.3 is 5.97 Å². The van der Waals surface area contributed by atoms with Crippen LogP contribution in [0.3, 0.4) is 0 Å². The number of fused-ring (bicyclic) bond motifs is 1. The summed E-state index contributed by atoms with van der Waals surface area (Å²) in [5.74, 6) is -0.254. The molecule has 0 aliphatic carbocycles. The van der Waals surface area contributed by atoms with Gasteiger partial charge in [0.25, 0.3) is 5.56 Å². The molecule has 1 aliphatic heterocycles. The molecule has 0 amide bonds. The number of nitrogen functional groups attached to an aromatic ring is 1. The first-order valence-electron chi connectivity index (χ1n) is 6.65. The van der Waals surface area contributed by atoms with Crippen LogP contribution in [0.4, 0.5) is 11.8 Å². The normalized spacial score (nSPS) is 16.8. The Balaban J connectivity index is 1.65. The number of carboxylic acids is 1. The van der Waals surface area contributed by atoms with Gasteiger partial charge in [-0.2, -0.15) is 4.98 Å². The Labute approximate surface area is 134 Å². The number of carboxylic acid groups (broad SMARTS) is 1. The second kappa shape index (κ2) is 6.01. The molecule has 0 saturated heterocycles. The molecule has 0 spiro atoms. The number of thiophene rings is 1. The number of aromatic nitrogens is 2. The lowest BCUT2D eigenvalue weighted by Gasteiger charge is -2.23. The topological polar surface area (TPSA) is 121 Å². The van der Waals surface area contributed by atoms with Crippen molar-refractivity contribution in [3.05, 3.63) is 32.2 Å². The van der Waals surface area contributed by atoms with Crippen molar-refractivity contribution in [1.82, 2.24) is 9.97 Å². The lowest BCUT2D eigenvalue weighted by Crippen LogP contribution is -2.28. The van der Waals surface area contributed by atoms with Crippen molar-refractivity contribution >= 4 is 40.8 Å². The first kappa shape index (κ1) is 14.9. The highest BCUT2D eigenvalue weighted by molar-refractivity contribution is 8.00. The smallest absolute Gasteiger partial charge is 0.345 e. The standard InChI is InChI=1S/C13H14N4O3S2/c14-13-16-10-9(11(18)17-13)22-7(5-15-10)2-1-6-3-4-8(21-6)12(19)20/h3-4,7H,1-2,5H2,(H,19,20)(H4,14,15,16,17,18). The Morgan fingerprint density at radius 2 is 2.32 bits per heavy atom. The minimum absolute atomic E-state index is 0.107. The zero-order chi connectivity index (χ0) is 15.7. The summed E-state index contributed by atoms with van der Waals surface area (Å²) in [7, 11) is 0. The van der Waals surface area contributed by atoms with Gasteiger partial charge in [0.15, 0.2) is 0 Å². The van der Waals surface area contributed by atoms with Crippen LogP contribution in [-0.2, 0) is 6.42 Å². The number of nitrogens with one attached hydrogen (secondary N) is 2. The summed E-state index contributed by atoms with van der Waals surface area (Å²) in [6.07, 6.45) is 1.63. The second-order valence-corrected chi connectivity index (χ2v) is 7.34. The maximum absolute atomic E-state index is 11.9. The van der Waals surface area contributed by atoms with E-state index in [4.69, 9.17) is 10.8 Å². The van der Waals surface area contributed by atoms with E-state index in [-0.39, 0.29) is 16.8 Å². The molecule has 1 aliphatic rings. The van der Waals surface area contributed by atoms with Gasteiger partial charge in [-0.1, -0.05) is 0 Å². The Kier molecular flexibility index (Phi) is 4.08. The van der Waals surface area contributed by atoms with Crippen LogP contribution in [0.5, 0.6) is 0 Å². The van der Waals surface area contributed by atoms with Crippen molar-refractivity contribution in [2.24, 2.45) is 0 Å². The van der Waals surface area contributed by atoms with E-state index in [0.29, 0.717) is 22.1 Å². The number of carbonyl (C=O) groups is 1. The maximum atomic E-state index is 11.9. The van der Waals surface area contributed by atoms with E-state index in [1.54, 1.807) is 6.07 Å². The number of rotatable bonds is 4. The van der Waals surface area contributed by atoms with Gasteiger partial charge in [0, 0.05) is 16.7 Å². The number of hydrogen-bond donors (Lipinski definition) is 4. The quantitative estimate of drug-likeness (QED) is 0.668. The third-order valence-electron chi connectivity index (χ3n) is 3.26. The molecule has 0 aromatic carbocycles. The summed E-state index contributed by atoms with van der Waals surface area (Å²) >= 11 is 2.78. The predicted octanol–water partition coefficient (Wildman–Crippen LogP) is 1.63. The van der Waals surface area contributed by atoms with Gasteiger partial charge in [-0.05, 0) is 25.0 Å². The number of nitrogens with two attached hydrogens (primary N) is 1. The van der Waals surface area contributed by atoms with Crippen molar-refractivity contribution in [3.63, 3.8) is 0 Å². The summed E-state index contributed by atoms with van der Waals surface area (Å²) in [4.78, 5) is 31.3. The monoisotopic (exact) mass is 338 g/mol. The van der Waals surface area contributed by atoms with E-state index in [1.807, 2.05) is 6.07 Å². The highest BCUT2D eigenvalue weighted by Gasteiger charge is 2.23. The molecular weight excluding hydrogens is 324 g/mol. The number of nitrogens with zero attached hydrogens (tertiary/aromatic N) is 1. The molecule has 116 valence electrons. The van der Waals surface area contributed by atoms with Crippen LogP contribution in [0.25, 0.3) is 0 Å². The van der Waals surface area contributed by atoms with Gasteiger partial charge in [0.2, 0.25) is 5.95 Å². The van der Waals surface area contributed by atoms with Crippen molar-refractivity contribution < 1.29 is 9.90 Å². The zero-order valence-corrected chi connectivity index (χ0v) is 13.1. The maximum Gasteiger partial charge on any atom is 0.345 e. The molecule has 5 N–H and O–H groups in total. The number of anilines is 2. The zero-order valence-electron chi connectivity index (χ0n) is 11.5. The van der Waals surface area contributed by atoms with Gasteiger partial charge < -0.3 is 16.2 Å². The van der Waals surface area contributed by atoms with Crippen LogP contribution in [0.15, 0.2) is 21.8 Å². The summed E-state index contributed by atoms with van der Waals surface area (Å²) in [5, 5.41) is 12.3. The van der Waals surface area contributed by atoms with E-state index in [9.17, 15) is 9.59 Å². The Hall–Kier alpha value is -2.00. The number of aromatic amines is 1. The summed E-state index contributed by atoms with van der Waals surface area (Å²) in [6.45, 7) is 0.699. The highest BCUT2D eigenvalue weighted by Crippen LogP contribution is 2.33. The van der Waals surface area contributed by atoms with Crippen molar-refractivity contribution in [3.8, 4) is 0 Å². The fraction of sp³-hybridized carbons (Fsp3) is 0.308. The fourth-order valence-corrected chi connectivity index (χ4v) is 4.20. The van der Waals surface area contributed by atoms with Crippen molar-refractivity contribution in [2.45, 2.75) is 23.0 Å².